The van der Waals surface area contributed by atoms with Crippen LogP contribution in [-0.2, 0) is 11.2 Å². The fourth-order valence-electron chi connectivity index (χ4n) is 3.66. The molecule has 1 atom stereocenters. The van der Waals surface area contributed by atoms with E-state index in [1.54, 1.807) is 31.8 Å². The number of amides is 1. The van der Waals surface area contributed by atoms with Gasteiger partial charge in [-0.1, -0.05) is 30.3 Å². The van der Waals surface area contributed by atoms with Crippen LogP contribution < -0.4 is 10.1 Å². The maximum Gasteiger partial charge on any atom is 0.262 e. The molecule has 0 saturated heterocycles. The Labute approximate surface area is 169 Å². The molecule has 1 unspecified atom stereocenters. The molecule has 1 aliphatic carbocycles. The van der Waals surface area contributed by atoms with Crippen LogP contribution in [0, 0.1) is 11.3 Å². The summed E-state index contributed by atoms with van der Waals surface area (Å²) >= 11 is 0. The number of methoxy groups -OCH3 is 1. The van der Waals surface area contributed by atoms with Crippen LogP contribution in [0.2, 0.25) is 0 Å². The van der Waals surface area contributed by atoms with Crippen LogP contribution in [0.15, 0.2) is 66.8 Å². The van der Waals surface area contributed by atoms with Crippen molar-refractivity contribution in [3.8, 4) is 17.5 Å². The summed E-state index contributed by atoms with van der Waals surface area (Å²) in [6, 6.07) is 15.5. The molecule has 1 amide bonds. The highest BCUT2D eigenvalue weighted by molar-refractivity contribution is 6.02. The summed E-state index contributed by atoms with van der Waals surface area (Å²) in [5.41, 5.74) is 3.98. The number of nitrogens with one attached hydrogen (secondary N) is 1. The average Bonchev–Trinajstić information content (AvgIpc) is 3.42. The first-order chi connectivity index (χ1) is 14.2. The largest absolute Gasteiger partial charge is 0.495 e. The average molecular weight is 384 g/mol. The van der Waals surface area contributed by atoms with E-state index in [1.807, 2.05) is 47.2 Å². The molecule has 0 bridgehead atoms. The second-order valence-corrected chi connectivity index (χ2v) is 6.83. The van der Waals surface area contributed by atoms with Crippen molar-refractivity contribution in [3.63, 3.8) is 0 Å². The van der Waals surface area contributed by atoms with Gasteiger partial charge in [0.1, 0.15) is 17.4 Å². The number of nitriles is 1. The molecule has 1 N–H and O–H groups in total. The van der Waals surface area contributed by atoms with Crippen LogP contribution in [0.3, 0.4) is 0 Å². The number of aryl methyl sites for hydroxylation is 1. The van der Waals surface area contributed by atoms with E-state index in [9.17, 15) is 10.1 Å². The second kappa shape index (κ2) is 8.03. The van der Waals surface area contributed by atoms with Crippen molar-refractivity contribution in [1.82, 2.24) is 14.9 Å². The summed E-state index contributed by atoms with van der Waals surface area (Å²) in [7, 11) is 1.58. The Bertz CT molecular complexity index is 1110. The highest BCUT2D eigenvalue weighted by Gasteiger charge is 2.24. The Hall–Kier alpha value is -3.85. The Kier molecular flexibility index (Phi) is 5.12. The number of nitrogens with zero attached hydrogens (tertiary/aromatic N) is 3. The number of benzene rings is 2. The zero-order chi connectivity index (χ0) is 20.2. The lowest BCUT2D eigenvalue weighted by molar-refractivity contribution is -0.117. The van der Waals surface area contributed by atoms with E-state index in [2.05, 4.69) is 16.4 Å². The molecule has 2 aromatic carbocycles. The standard InChI is InChI=1S/C23H20N4O2/c1-29-22-13-16(6-9-21(22)27-11-10-25-15-27)12-18(14-24)23(28)26-20-8-7-17-4-2-3-5-19(17)20/h2-6,9-13,15,20H,7-8H2,1H3,(H,26,28). The SMILES string of the molecule is COc1cc(C=C(C#N)C(=O)NC2CCc3ccccc32)ccc1-n1ccnc1. The van der Waals surface area contributed by atoms with Crippen molar-refractivity contribution in [2.24, 2.45) is 0 Å². The molecule has 144 valence electrons. The molecule has 4 rings (SSSR count). The Morgan fingerprint density at radius 2 is 2.21 bits per heavy atom. The number of carbonyl (C=O) groups excluding carboxylic acids is 1. The number of fused-ring (bicyclic) bond motifs is 1. The molecule has 6 heteroatoms. The molecule has 1 heterocycles. The summed E-state index contributed by atoms with van der Waals surface area (Å²) in [6.07, 6.45) is 8.54. The first kappa shape index (κ1) is 18.5. The van der Waals surface area contributed by atoms with Crippen molar-refractivity contribution < 1.29 is 9.53 Å². The minimum Gasteiger partial charge on any atom is -0.495 e. The van der Waals surface area contributed by atoms with Gasteiger partial charge in [0.05, 0.1) is 25.2 Å². The third kappa shape index (κ3) is 3.76. The number of hydrogen-bond donors (Lipinski definition) is 1. The number of rotatable bonds is 5. The molecule has 0 aliphatic heterocycles. The van der Waals surface area contributed by atoms with Crippen molar-refractivity contribution in [3.05, 3.63) is 83.4 Å². The molecule has 29 heavy (non-hydrogen) atoms. The summed E-state index contributed by atoms with van der Waals surface area (Å²) in [5, 5.41) is 12.5. The highest BCUT2D eigenvalue weighted by Crippen LogP contribution is 2.31. The molecular formula is C23H20N4O2. The fourth-order valence-corrected chi connectivity index (χ4v) is 3.66. The first-order valence-corrected chi connectivity index (χ1v) is 9.36. The van der Waals surface area contributed by atoms with E-state index in [4.69, 9.17) is 4.74 Å². The second-order valence-electron chi connectivity index (χ2n) is 6.83. The van der Waals surface area contributed by atoms with Crippen LogP contribution in [0.1, 0.15) is 29.2 Å². The first-order valence-electron chi connectivity index (χ1n) is 9.36. The molecule has 0 radical (unpaired) electrons. The molecule has 6 nitrogen and oxygen atoms in total. The van der Waals surface area contributed by atoms with E-state index in [0.29, 0.717) is 11.3 Å². The molecular weight excluding hydrogens is 364 g/mol. The van der Waals surface area contributed by atoms with Gasteiger partial charge in [-0.3, -0.25) is 4.79 Å². The van der Waals surface area contributed by atoms with Crippen LogP contribution >= 0.6 is 0 Å². The van der Waals surface area contributed by atoms with E-state index in [1.165, 1.54) is 5.56 Å². The lowest BCUT2D eigenvalue weighted by atomic mass is 10.1. The lowest BCUT2D eigenvalue weighted by Crippen LogP contribution is -2.28. The van der Waals surface area contributed by atoms with E-state index >= 15 is 0 Å². The zero-order valence-corrected chi connectivity index (χ0v) is 16.0. The van der Waals surface area contributed by atoms with Gasteiger partial charge in [-0.05, 0) is 47.7 Å². The minimum atomic E-state index is -0.369. The molecule has 0 saturated carbocycles. The van der Waals surface area contributed by atoms with Gasteiger partial charge in [-0.25, -0.2) is 4.98 Å². The molecule has 1 aliphatic rings. The Morgan fingerprint density at radius 1 is 1.34 bits per heavy atom. The van der Waals surface area contributed by atoms with Crippen LogP contribution in [-0.4, -0.2) is 22.6 Å². The van der Waals surface area contributed by atoms with E-state index < -0.39 is 0 Å². The molecule has 1 aromatic heterocycles. The van der Waals surface area contributed by atoms with Gasteiger partial charge in [-0.2, -0.15) is 5.26 Å². The van der Waals surface area contributed by atoms with E-state index in [-0.39, 0.29) is 17.5 Å². The smallest absolute Gasteiger partial charge is 0.262 e. The van der Waals surface area contributed by atoms with Gasteiger partial charge in [0.25, 0.3) is 5.91 Å². The van der Waals surface area contributed by atoms with E-state index in [0.717, 1.165) is 24.1 Å². The lowest BCUT2D eigenvalue weighted by Gasteiger charge is -2.14. The van der Waals surface area contributed by atoms with Gasteiger partial charge < -0.3 is 14.6 Å². The summed E-state index contributed by atoms with van der Waals surface area (Å²) < 4.78 is 7.31. The number of imidazole rings is 1. The molecule has 0 spiro atoms. The van der Waals surface area contributed by atoms with Crippen molar-refractivity contribution in [2.75, 3.05) is 7.11 Å². The molecule has 0 fully saturated rings. The van der Waals surface area contributed by atoms with Crippen LogP contribution in [0.5, 0.6) is 5.75 Å². The summed E-state index contributed by atoms with van der Waals surface area (Å²) in [4.78, 5) is 16.8. The number of hydrogen-bond acceptors (Lipinski definition) is 4. The van der Waals surface area contributed by atoms with Gasteiger partial charge in [0, 0.05) is 12.4 Å². The predicted octanol–water partition coefficient (Wildman–Crippen LogP) is 3.59. The maximum atomic E-state index is 12.7. The van der Waals surface area contributed by atoms with Crippen molar-refractivity contribution in [2.45, 2.75) is 18.9 Å². The Morgan fingerprint density at radius 3 is 2.97 bits per heavy atom. The number of ether oxygens (including phenoxy) is 1. The minimum absolute atomic E-state index is 0.0615. The number of aromatic nitrogens is 2. The van der Waals surface area contributed by atoms with Crippen molar-refractivity contribution in [1.29, 1.82) is 5.26 Å². The zero-order valence-electron chi connectivity index (χ0n) is 16.0. The normalized spacial score (nSPS) is 15.4. The van der Waals surface area contributed by atoms with Gasteiger partial charge in [0.15, 0.2) is 0 Å². The maximum absolute atomic E-state index is 12.7. The van der Waals surface area contributed by atoms with Gasteiger partial charge in [-0.15, -0.1) is 0 Å². The molecule has 3 aromatic rings. The topological polar surface area (TPSA) is 79.9 Å². The van der Waals surface area contributed by atoms with Crippen LogP contribution in [0.4, 0.5) is 0 Å². The monoisotopic (exact) mass is 384 g/mol. The van der Waals surface area contributed by atoms with Gasteiger partial charge >= 0.3 is 0 Å². The Balaban J connectivity index is 1.56. The summed E-state index contributed by atoms with van der Waals surface area (Å²) in [6.45, 7) is 0. The van der Waals surface area contributed by atoms with Crippen LogP contribution in [0.25, 0.3) is 11.8 Å². The van der Waals surface area contributed by atoms with Gasteiger partial charge in [0.2, 0.25) is 0 Å². The third-order valence-corrected chi connectivity index (χ3v) is 5.10. The third-order valence-electron chi connectivity index (χ3n) is 5.10. The number of carbonyl (C=O) groups is 1. The quantitative estimate of drug-likeness (QED) is 0.538. The highest BCUT2D eigenvalue weighted by atomic mass is 16.5. The van der Waals surface area contributed by atoms with Crippen molar-refractivity contribution >= 4 is 12.0 Å². The fraction of sp³-hybridized carbons (Fsp3) is 0.174. The summed E-state index contributed by atoms with van der Waals surface area (Å²) in [5.74, 6) is 0.256. The predicted molar refractivity (Wildman–Crippen MR) is 109 cm³/mol.